The van der Waals surface area contributed by atoms with Crippen LogP contribution in [0.3, 0.4) is 0 Å². The van der Waals surface area contributed by atoms with Gasteiger partial charge in [0, 0.05) is 31.2 Å². The van der Waals surface area contributed by atoms with Gasteiger partial charge >= 0.3 is 5.97 Å². The minimum Gasteiger partial charge on any atom is -0.480 e. The quantitative estimate of drug-likeness (QED) is 0.774. The Hall–Kier alpha value is -1.50. The lowest BCUT2D eigenvalue weighted by molar-refractivity contribution is -0.140. The summed E-state index contributed by atoms with van der Waals surface area (Å²) in [7, 11) is 1.87. The van der Waals surface area contributed by atoms with E-state index >= 15 is 0 Å². The Bertz CT molecular complexity index is 459. The molecule has 7 heteroatoms. The van der Waals surface area contributed by atoms with Gasteiger partial charge in [0.25, 0.3) is 0 Å². The zero-order valence-corrected chi connectivity index (χ0v) is 12.2. The van der Waals surface area contributed by atoms with Crippen LogP contribution in [0.25, 0.3) is 0 Å². The molecule has 1 aromatic rings. The SMILES string of the molecule is CCc1cc(CSCC(NC(C)=O)C(=O)O)n(C)n1. The lowest BCUT2D eigenvalue weighted by Crippen LogP contribution is -2.41. The molecule has 0 aliphatic carbocycles. The number of hydrogen-bond acceptors (Lipinski definition) is 4. The molecule has 1 atom stereocenters. The van der Waals surface area contributed by atoms with Crippen molar-refractivity contribution in [3.05, 3.63) is 17.5 Å². The average molecular weight is 285 g/mol. The minimum absolute atomic E-state index is 0.332. The summed E-state index contributed by atoms with van der Waals surface area (Å²) >= 11 is 1.47. The second kappa shape index (κ2) is 7.18. The predicted octanol–water partition coefficient (Wildman–Crippen LogP) is 0.805. The highest BCUT2D eigenvalue weighted by atomic mass is 32.2. The number of amides is 1. The number of aromatic nitrogens is 2. The molecule has 0 saturated carbocycles. The molecule has 2 N–H and O–H groups in total. The van der Waals surface area contributed by atoms with Gasteiger partial charge in [-0.25, -0.2) is 4.79 Å². The largest absolute Gasteiger partial charge is 0.480 e. The maximum Gasteiger partial charge on any atom is 0.327 e. The van der Waals surface area contributed by atoms with E-state index in [1.165, 1.54) is 18.7 Å². The Labute approximate surface area is 116 Å². The molecule has 0 saturated heterocycles. The summed E-state index contributed by atoms with van der Waals surface area (Å²) in [5, 5.41) is 15.7. The molecule has 0 radical (unpaired) electrons. The number of carboxylic acids is 1. The van der Waals surface area contributed by atoms with E-state index in [1.54, 1.807) is 4.68 Å². The molecule has 1 rings (SSSR count). The van der Waals surface area contributed by atoms with Gasteiger partial charge in [-0.15, -0.1) is 0 Å². The Morgan fingerprint density at radius 1 is 1.58 bits per heavy atom. The number of aryl methyl sites for hydroxylation is 2. The van der Waals surface area contributed by atoms with Crippen molar-refractivity contribution in [1.82, 2.24) is 15.1 Å². The Morgan fingerprint density at radius 2 is 2.26 bits per heavy atom. The van der Waals surface area contributed by atoms with Crippen LogP contribution in [0.15, 0.2) is 6.07 Å². The summed E-state index contributed by atoms with van der Waals surface area (Å²) in [4.78, 5) is 21.8. The third-order valence-electron chi connectivity index (χ3n) is 2.60. The molecule has 19 heavy (non-hydrogen) atoms. The van der Waals surface area contributed by atoms with E-state index in [-0.39, 0.29) is 5.91 Å². The third kappa shape index (κ3) is 4.94. The van der Waals surface area contributed by atoms with Gasteiger partial charge in [0.15, 0.2) is 0 Å². The Morgan fingerprint density at radius 3 is 2.74 bits per heavy atom. The van der Waals surface area contributed by atoms with Crippen molar-refractivity contribution in [2.45, 2.75) is 32.1 Å². The lowest BCUT2D eigenvalue weighted by Gasteiger charge is -2.12. The molecule has 1 amide bonds. The fourth-order valence-corrected chi connectivity index (χ4v) is 2.64. The van der Waals surface area contributed by atoms with Crippen molar-refractivity contribution in [2.24, 2.45) is 7.05 Å². The van der Waals surface area contributed by atoms with E-state index in [0.29, 0.717) is 11.5 Å². The van der Waals surface area contributed by atoms with Crippen LogP contribution < -0.4 is 5.32 Å². The van der Waals surface area contributed by atoms with E-state index in [0.717, 1.165) is 17.8 Å². The predicted molar refractivity (Wildman–Crippen MR) is 74.0 cm³/mol. The molecule has 0 spiro atoms. The van der Waals surface area contributed by atoms with Gasteiger partial charge < -0.3 is 10.4 Å². The summed E-state index contributed by atoms with van der Waals surface area (Å²) in [5.74, 6) is -0.335. The molecule has 6 nitrogen and oxygen atoms in total. The maximum atomic E-state index is 10.9. The summed E-state index contributed by atoms with van der Waals surface area (Å²) in [5.41, 5.74) is 2.07. The van der Waals surface area contributed by atoms with E-state index < -0.39 is 12.0 Å². The van der Waals surface area contributed by atoms with Crippen LogP contribution in [0.5, 0.6) is 0 Å². The van der Waals surface area contributed by atoms with Crippen LogP contribution in [0, 0.1) is 0 Å². The number of carbonyl (C=O) groups excluding carboxylic acids is 1. The summed E-state index contributed by atoms with van der Waals surface area (Å²) in [6.45, 7) is 3.35. The molecular weight excluding hydrogens is 266 g/mol. The van der Waals surface area contributed by atoms with Gasteiger partial charge in [-0.2, -0.15) is 16.9 Å². The number of carbonyl (C=O) groups is 2. The molecule has 1 aromatic heterocycles. The zero-order chi connectivity index (χ0) is 14.4. The first-order chi connectivity index (χ1) is 8.93. The number of nitrogens with one attached hydrogen (secondary N) is 1. The summed E-state index contributed by atoms with van der Waals surface area (Å²) in [6, 6.07) is 1.17. The molecule has 0 aliphatic heterocycles. The number of rotatable bonds is 7. The first kappa shape index (κ1) is 15.6. The molecule has 1 unspecified atom stereocenters. The molecule has 0 aromatic carbocycles. The first-order valence-electron chi connectivity index (χ1n) is 6.03. The second-order valence-electron chi connectivity index (χ2n) is 4.21. The van der Waals surface area contributed by atoms with Crippen molar-refractivity contribution in [3.8, 4) is 0 Å². The fourth-order valence-electron chi connectivity index (χ4n) is 1.58. The highest BCUT2D eigenvalue weighted by Crippen LogP contribution is 2.14. The molecule has 106 valence electrons. The van der Waals surface area contributed by atoms with Gasteiger partial charge in [-0.3, -0.25) is 9.48 Å². The Kier molecular flexibility index (Phi) is 5.88. The second-order valence-corrected chi connectivity index (χ2v) is 5.24. The van der Waals surface area contributed by atoms with Crippen LogP contribution in [0.4, 0.5) is 0 Å². The number of aliphatic carboxylic acids is 1. The van der Waals surface area contributed by atoms with Crippen molar-refractivity contribution >= 4 is 23.6 Å². The number of hydrogen-bond donors (Lipinski definition) is 2. The minimum atomic E-state index is -1.01. The smallest absolute Gasteiger partial charge is 0.327 e. The van der Waals surface area contributed by atoms with Gasteiger partial charge in [0.2, 0.25) is 5.91 Å². The van der Waals surface area contributed by atoms with E-state index in [1.807, 2.05) is 20.0 Å². The van der Waals surface area contributed by atoms with Crippen LogP contribution in [0.2, 0.25) is 0 Å². The number of carboxylic acid groups (broad SMARTS) is 1. The van der Waals surface area contributed by atoms with Crippen LogP contribution in [-0.4, -0.2) is 38.6 Å². The highest BCUT2D eigenvalue weighted by molar-refractivity contribution is 7.98. The molecule has 1 heterocycles. The van der Waals surface area contributed by atoms with Gasteiger partial charge in [0.05, 0.1) is 5.69 Å². The van der Waals surface area contributed by atoms with Crippen molar-refractivity contribution in [2.75, 3.05) is 5.75 Å². The van der Waals surface area contributed by atoms with Gasteiger partial charge in [0.1, 0.15) is 6.04 Å². The monoisotopic (exact) mass is 285 g/mol. The molecule has 0 bridgehead atoms. The van der Waals surface area contributed by atoms with Gasteiger partial charge in [-0.1, -0.05) is 6.92 Å². The van der Waals surface area contributed by atoms with Crippen molar-refractivity contribution in [3.63, 3.8) is 0 Å². The van der Waals surface area contributed by atoms with Crippen LogP contribution in [0.1, 0.15) is 25.2 Å². The lowest BCUT2D eigenvalue weighted by atomic mass is 10.3. The van der Waals surface area contributed by atoms with Gasteiger partial charge in [-0.05, 0) is 12.5 Å². The van der Waals surface area contributed by atoms with E-state index in [4.69, 9.17) is 5.11 Å². The van der Waals surface area contributed by atoms with Crippen LogP contribution >= 0.6 is 11.8 Å². The Balaban J connectivity index is 2.49. The van der Waals surface area contributed by atoms with Crippen molar-refractivity contribution < 1.29 is 14.7 Å². The standard InChI is InChI=1S/C12H19N3O3S/c1-4-9-5-10(15(3)14-9)6-19-7-11(12(17)18)13-8(2)16/h5,11H,4,6-7H2,1-3H3,(H,13,16)(H,17,18). The number of thioether (sulfide) groups is 1. The molecule has 0 fully saturated rings. The first-order valence-corrected chi connectivity index (χ1v) is 7.19. The zero-order valence-electron chi connectivity index (χ0n) is 11.3. The summed E-state index contributed by atoms with van der Waals surface area (Å²) < 4.78 is 1.81. The van der Waals surface area contributed by atoms with Crippen molar-refractivity contribution in [1.29, 1.82) is 0 Å². The maximum absolute atomic E-state index is 10.9. The third-order valence-corrected chi connectivity index (χ3v) is 3.67. The fraction of sp³-hybridized carbons (Fsp3) is 0.583. The molecule has 0 aliphatic rings. The van der Waals surface area contributed by atoms with E-state index in [2.05, 4.69) is 10.4 Å². The van der Waals surface area contributed by atoms with E-state index in [9.17, 15) is 9.59 Å². The topological polar surface area (TPSA) is 84.2 Å². The molecular formula is C12H19N3O3S. The van der Waals surface area contributed by atoms with Crippen LogP contribution in [-0.2, 0) is 28.8 Å². The summed E-state index contributed by atoms with van der Waals surface area (Å²) in [6.07, 6.45) is 0.877. The number of nitrogens with zero attached hydrogens (tertiary/aromatic N) is 2. The normalized spacial score (nSPS) is 12.2. The average Bonchev–Trinajstić information content (AvgIpc) is 2.68. The highest BCUT2D eigenvalue weighted by Gasteiger charge is 2.18.